The number of aromatic nitrogens is 1. The first kappa shape index (κ1) is 10.8. The van der Waals surface area contributed by atoms with Crippen molar-refractivity contribution < 1.29 is 0 Å². The van der Waals surface area contributed by atoms with Gasteiger partial charge in [0.15, 0.2) is 0 Å². The van der Waals surface area contributed by atoms with E-state index < -0.39 is 0 Å². The zero-order chi connectivity index (χ0) is 11.5. The van der Waals surface area contributed by atoms with Crippen molar-refractivity contribution in [2.24, 2.45) is 0 Å². The molecule has 0 aliphatic heterocycles. The third kappa shape index (κ3) is 1.98. The lowest BCUT2D eigenvalue weighted by Crippen LogP contribution is -1.93. The zero-order valence-corrected chi connectivity index (χ0v) is 10.3. The summed E-state index contributed by atoms with van der Waals surface area (Å²) < 4.78 is 0.865. The average molecular weight is 273 g/mol. The molecule has 16 heavy (non-hydrogen) atoms. The Kier molecular flexibility index (Phi) is 3.02. The third-order valence-corrected chi connectivity index (χ3v) is 3.12. The molecule has 0 atom stereocenters. The minimum atomic E-state index is 0.587. The lowest BCUT2D eigenvalue weighted by atomic mass is 10.1. The van der Waals surface area contributed by atoms with Crippen molar-refractivity contribution in [2.75, 3.05) is 0 Å². The first-order valence-corrected chi connectivity index (χ1v) is 5.64. The van der Waals surface area contributed by atoms with Crippen molar-refractivity contribution in [2.45, 2.75) is 6.92 Å². The Hall–Kier alpha value is -1.66. The number of hydrogen-bond donors (Lipinski definition) is 0. The van der Waals surface area contributed by atoms with E-state index in [1.807, 2.05) is 43.3 Å². The quantitative estimate of drug-likeness (QED) is 0.794. The van der Waals surface area contributed by atoms with Crippen LogP contribution in [0.2, 0.25) is 0 Å². The van der Waals surface area contributed by atoms with E-state index in [-0.39, 0.29) is 0 Å². The van der Waals surface area contributed by atoms with E-state index in [9.17, 15) is 0 Å². The predicted molar refractivity (Wildman–Crippen MR) is 66.8 cm³/mol. The van der Waals surface area contributed by atoms with Crippen molar-refractivity contribution in [1.82, 2.24) is 4.98 Å². The highest BCUT2D eigenvalue weighted by Crippen LogP contribution is 2.25. The van der Waals surface area contributed by atoms with Crippen molar-refractivity contribution in [3.05, 3.63) is 52.1 Å². The van der Waals surface area contributed by atoms with Crippen LogP contribution in [0.4, 0.5) is 0 Å². The van der Waals surface area contributed by atoms with Gasteiger partial charge in [-0.25, -0.2) is 0 Å². The normalized spacial score (nSPS) is 9.81. The topological polar surface area (TPSA) is 36.7 Å². The Bertz CT molecular complexity index is 556. The number of pyridine rings is 1. The first-order valence-electron chi connectivity index (χ1n) is 4.85. The molecule has 2 aromatic rings. The number of nitriles is 1. The average Bonchev–Trinajstić information content (AvgIpc) is 2.33. The minimum absolute atomic E-state index is 0.587. The molecule has 0 unspecified atom stereocenters. The Morgan fingerprint density at radius 1 is 1.25 bits per heavy atom. The van der Waals surface area contributed by atoms with Gasteiger partial charge in [-0.1, -0.05) is 30.3 Å². The van der Waals surface area contributed by atoms with Crippen LogP contribution in [0.15, 0.2) is 40.9 Å². The van der Waals surface area contributed by atoms with Gasteiger partial charge in [-0.3, -0.25) is 4.98 Å². The molecule has 1 aromatic carbocycles. The van der Waals surface area contributed by atoms with E-state index in [1.54, 1.807) is 0 Å². The zero-order valence-electron chi connectivity index (χ0n) is 8.74. The summed E-state index contributed by atoms with van der Waals surface area (Å²) in [6, 6.07) is 13.7. The maximum Gasteiger partial charge on any atom is 0.101 e. The Labute approximate surface area is 103 Å². The Morgan fingerprint density at radius 2 is 1.94 bits per heavy atom. The Balaban J connectivity index is 2.66. The summed E-state index contributed by atoms with van der Waals surface area (Å²) in [7, 11) is 0. The fraction of sp³-hybridized carbons (Fsp3) is 0.0769. The standard InChI is InChI=1S/C13H9BrN2/c1-9-12(14)7-11(8-15)13(16-9)10-5-3-2-4-6-10/h2-7H,1H3. The highest BCUT2D eigenvalue weighted by molar-refractivity contribution is 9.10. The van der Waals surface area contributed by atoms with Crippen molar-refractivity contribution in [1.29, 1.82) is 5.26 Å². The molecule has 2 nitrogen and oxygen atoms in total. The molecule has 3 heteroatoms. The Morgan fingerprint density at radius 3 is 2.56 bits per heavy atom. The monoisotopic (exact) mass is 272 g/mol. The lowest BCUT2D eigenvalue weighted by Gasteiger charge is -2.06. The van der Waals surface area contributed by atoms with Gasteiger partial charge in [0.25, 0.3) is 0 Å². The molecular formula is C13H9BrN2. The molecule has 0 saturated heterocycles. The number of rotatable bonds is 1. The molecule has 0 aliphatic carbocycles. The number of aryl methyl sites for hydroxylation is 1. The van der Waals surface area contributed by atoms with Gasteiger partial charge in [0, 0.05) is 10.0 Å². The molecule has 2 rings (SSSR count). The molecule has 1 aromatic heterocycles. The van der Waals surface area contributed by atoms with Crippen LogP contribution in [0.5, 0.6) is 0 Å². The highest BCUT2D eigenvalue weighted by atomic mass is 79.9. The summed E-state index contributed by atoms with van der Waals surface area (Å²) in [6.45, 7) is 1.91. The summed E-state index contributed by atoms with van der Waals surface area (Å²) in [6.07, 6.45) is 0. The summed E-state index contributed by atoms with van der Waals surface area (Å²) in [5.41, 5.74) is 3.18. The fourth-order valence-corrected chi connectivity index (χ4v) is 1.80. The summed E-state index contributed by atoms with van der Waals surface area (Å²) in [5.74, 6) is 0. The second kappa shape index (κ2) is 4.46. The van der Waals surface area contributed by atoms with E-state index in [4.69, 9.17) is 5.26 Å². The molecular weight excluding hydrogens is 264 g/mol. The maximum atomic E-state index is 9.08. The van der Waals surface area contributed by atoms with Gasteiger partial charge in [0.1, 0.15) is 6.07 Å². The van der Waals surface area contributed by atoms with Crippen molar-refractivity contribution in [3.8, 4) is 17.3 Å². The maximum absolute atomic E-state index is 9.08. The van der Waals surface area contributed by atoms with Crippen molar-refractivity contribution >= 4 is 15.9 Å². The van der Waals surface area contributed by atoms with Crippen LogP contribution in [-0.4, -0.2) is 4.98 Å². The molecule has 0 saturated carbocycles. The van der Waals surface area contributed by atoms with Gasteiger partial charge in [0.2, 0.25) is 0 Å². The summed E-state index contributed by atoms with van der Waals surface area (Å²) in [5, 5.41) is 9.08. The van der Waals surface area contributed by atoms with E-state index >= 15 is 0 Å². The van der Waals surface area contributed by atoms with Gasteiger partial charge in [-0.2, -0.15) is 5.26 Å². The SMILES string of the molecule is Cc1nc(-c2ccccc2)c(C#N)cc1Br. The first-order chi connectivity index (χ1) is 7.72. The van der Waals surface area contributed by atoms with Crippen LogP contribution < -0.4 is 0 Å². The van der Waals surface area contributed by atoms with Gasteiger partial charge < -0.3 is 0 Å². The van der Waals surface area contributed by atoms with Crippen LogP contribution in [0.25, 0.3) is 11.3 Å². The van der Waals surface area contributed by atoms with Gasteiger partial charge in [-0.15, -0.1) is 0 Å². The smallest absolute Gasteiger partial charge is 0.101 e. The molecule has 0 spiro atoms. The molecule has 0 bridgehead atoms. The van der Waals surface area contributed by atoms with Gasteiger partial charge in [-0.05, 0) is 28.9 Å². The van der Waals surface area contributed by atoms with Crippen LogP contribution in [0.1, 0.15) is 11.3 Å². The van der Waals surface area contributed by atoms with Crippen LogP contribution in [0, 0.1) is 18.3 Å². The molecule has 0 amide bonds. The van der Waals surface area contributed by atoms with E-state index in [1.165, 1.54) is 0 Å². The molecule has 78 valence electrons. The summed E-state index contributed by atoms with van der Waals surface area (Å²) in [4.78, 5) is 4.44. The molecule has 0 fully saturated rings. The highest BCUT2D eigenvalue weighted by Gasteiger charge is 2.09. The fourth-order valence-electron chi connectivity index (χ4n) is 1.48. The lowest BCUT2D eigenvalue weighted by molar-refractivity contribution is 1.17. The third-order valence-electron chi connectivity index (χ3n) is 2.32. The minimum Gasteiger partial charge on any atom is -0.251 e. The van der Waals surface area contributed by atoms with Crippen LogP contribution >= 0.6 is 15.9 Å². The second-order valence-corrected chi connectivity index (χ2v) is 4.28. The van der Waals surface area contributed by atoms with Crippen LogP contribution in [0.3, 0.4) is 0 Å². The largest absolute Gasteiger partial charge is 0.251 e. The molecule has 0 N–H and O–H groups in total. The van der Waals surface area contributed by atoms with Gasteiger partial charge >= 0.3 is 0 Å². The van der Waals surface area contributed by atoms with E-state index in [0.29, 0.717) is 5.56 Å². The number of benzene rings is 1. The molecule has 1 heterocycles. The number of hydrogen-bond acceptors (Lipinski definition) is 2. The van der Waals surface area contributed by atoms with E-state index in [2.05, 4.69) is 27.0 Å². The second-order valence-electron chi connectivity index (χ2n) is 3.43. The van der Waals surface area contributed by atoms with Crippen LogP contribution in [-0.2, 0) is 0 Å². The van der Waals surface area contributed by atoms with Gasteiger partial charge in [0.05, 0.1) is 17.0 Å². The molecule has 0 radical (unpaired) electrons. The van der Waals surface area contributed by atoms with Crippen molar-refractivity contribution in [3.63, 3.8) is 0 Å². The number of nitrogens with zero attached hydrogens (tertiary/aromatic N) is 2. The molecule has 0 aliphatic rings. The summed E-state index contributed by atoms with van der Waals surface area (Å²) >= 11 is 3.38. The van der Waals surface area contributed by atoms with E-state index in [0.717, 1.165) is 21.4 Å². The predicted octanol–water partition coefficient (Wildman–Crippen LogP) is 3.69. The number of halogens is 1.